The smallest absolute Gasteiger partial charge is 0.260 e. The van der Waals surface area contributed by atoms with E-state index in [0.29, 0.717) is 10.3 Å². The largest absolute Gasteiger partial charge is 0.300 e. The first-order valence-electron chi connectivity index (χ1n) is 10.1. The van der Waals surface area contributed by atoms with E-state index in [9.17, 15) is 9.59 Å². The summed E-state index contributed by atoms with van der Waals surface area (Å²) in [4.78, 5) is 44.8. The molecule has 0 aliphatic heterocycles. The van der Waals surface area contributed by atoms with Crippen LogP contribution in [-0.2, 0) is 25.7 Å². The van der Waals surface area contributed by atoms with Crippen LogP contribution in [0, 0.1) is 0 Å². The minimum Gasteiger partial charge on any atom is -0.300 e. The molecule has 0 radical (unpaired) electrons. The van der Waals surface area contributed by atoms with Gasteiger partial charge < -0.3 is 9.97 Å². The number of thiophene rings is 2. The van der Waals surface area contributed by atoms with Crippen molar-refractivity contribution < 1.29 is 0 Å². The molecule has 154 valence electrons. The Balaban J connectivity index is 1.31. The molecule has 0 saturated carbocycles. The fourth-order valence-corrected chi connectivity index (χ4v) is 8.72. The third-order valence-electron chi connectivity index (χ3n) is 5.81. The van der Waals surface area contributed by atoms with E-state index in [-0.39, 0.29) is 11.1 Å². The number of aryl methyl sites for hydroxylation is 4. The minimum absolute atomic E-state index is 0.0645. The average molecular weight is 475 g/mol. The van der Waals surface area contributed by atoms with Crippen LogP contribution in [0.25, 0.3) is 20.4 Å². The molecule has 0 fully saturated rings. The van der Waals surface area contributed by atoms with Crippen LogP contribution in [0.2, 0.25) is 0 Å². The summed E-state index contributed by atoms with van der Waals surface area (Å²) in [6.45, 7) is 0. The van der Waals surface area contributed by atoms with Gasteiger partial charge in [-0.3, -0.25) is 9.59 Å². The zero-order valence-corrected chi connectivity index (χ0v) is 19.3. The van der Waals surface area contributed by atoms with Crippen LogP contribution in [0.3, 0.4) is 0 Å². The van der Waals surface area contributed by atoms with E-state index in [1.54, 1.807) is 22.7 Å². The average Bonchev–Trinajstić information content (AvgIpc) is 3.30. The topological polar surface area (TPSA) is 91.5 Å². The SMILES string of the molecule is O=c1[nH]c(SSc2nc3sc4c(c3c(=O)[nH]2)CCCC4)nc2sc3c(c12)CCCC3. The molecule has 30 heavy (non-hydrogen) atoms. The van der Waals surface area contributed by atoms with E-state index in [1.165, 1.54) is 55.3 Å². The molecule has 10 heteroatoms. The molecule has 2 aliphatic carbocycles. The Morgan fingerprint density at radius 2 is 1.10 bits per heavy atom. The Kier molecular flexibility index (Phi) is 4.78. The van der Waals surface area contributed by atoms with Gasteiger partial charge >= 0.3 is 0 Å². The molecule has 0 atom stereocenters. The maximum Gasteiger partial charge on any atom is 0.260 e. The number of nitrogens with one attached hydrogen (secondary N) is 2. The van der Waals surface area contributed by atoms with Crippen molar-refractivity contribution in [1.29, 1.82) is 0 Å². The second kappa shape index (κ2) is 7.51. The number of hydrogen-bond acceptors (Lipinski definition) is 8. The van der Waals surface area contributed by atoms with E-state index >= 15 is 0 Å². The van der Waals surface area contributed by atoms with Crippen LogP contribution < -0.4 is 11.1 Å². The van der Waals surface area contributed by atoms with Crippen molar-refractivity contribution in [2.45, 2.75) is 61.7 Å². The molecule has 0 unspecified atom stereocenters. The summed E-state index contributed by atoms with van der Waals surface area (Å²) < 4.78 is 0. The lowest BCUT2D eigenvalue weighted by Crippen LogP contribution is -2.11. The Labute approximate surface area is 187 Å². The summed E-state index contributed by atoms with van der Waals surface area (Å²) >= 11 is 3.29. The van der Waals surface area contributed by atoms with Gasteiger partial charge in [-0.2, -0.15) is 0 Å². The molecule has 6 nitrogen and oxygen atoms in total. The lowest BCUT2D eigenvalue weighted by molar-refractivity contribution is 0.700. The van der Waals surface area contributed by atoms with Crippen molar-refractivity contribution in [1.82, 2.24) is 19.9 Å². The predicted octanol–water partition coefficient (Wildman–Crippen LogP) is 4.84. The summed E-state index contributed by atoms with van der Waals surface area (Å²) in [5.74, 6) is 0. The molecule has 6 rings (SSSR count). The molecule has 2 aliphatic rings. The zero-order valence-electron chi connectivity index (χ0n) is 16.0. The van der Waals surface area contributed by atoms with E-state index in [4.69, 9.17) is 0 Å². The highest BCUT2D eigenvalue weighted by atomic mass is 33.1. The van der Waals surface area contributed by atoms with E-state index in [0.717, 1.165) is 59.0 Å². The van der Waals surface area contributed by atoms with Crippen molar-refractivity contribution >= 4 is 64.7 Å². The summed E-state index contributed by atoms with van der Waals surface area (Å²) in [7, 11) is 2.66. The molecule has 4 heterocycles. The van der Waals surface area contributed by atoms with Gasteiger partial charge in [0.15, 0.2) is 10.3 Å². The quantitative estimate of drug-likeness (QED) is 0.326. The monoisotopic (exact) mass is 474 g/mol. The van der Waals surface area contributed by atoms with Gasteiger partial charge in [0.05, 0.1) is 10.8 Å². The summed E-state index contributed by atoms with van der Waals surface area (Å²) in [6.07, 6.45) is 8.67. The number of fused-ring (bicyclic) bond motifs is 6. The van der Waals surface area contributed by atoms with Crippen LogP contribution in [0.5, 0.6) is 0 Å². The minimum atomic E-state index is -0.0645. The Hall–Kier alpha value is -1.62. The highest BCUT2D eigenvalue weighted by Gasteiger charge is 2.21. The van der Waals surface area contributed by atoms with Crippen LogP contribution in [-0.4, -0.2) is 19.9 Å². The third-order valence-corrected chi connectivity index (χ3v) is 10.2. The Bertz CT molecular complexity index is 1310. The Morgan fingerprint density at radius 3 is 1.57 bits per heavy atom. The molecule has 0 amide bonds. The van der Waals surface area contributed by atoms with Gasteiger partial charge in [0, 0.05) is 9.75 Å². The molecule has 4 aromatic rings. The first-order chi connectivity index (χ1) is 14.7. The van der Waals surface area contributed by atoms with Gasteiger partial charge in [0.1, 0.15) is 9.66 Å². The van der Waals surface area contributed by atoms with E-state index in [1.807, 2.05) is 0 Å². The summed E-state index contributed by atoms with van der Waals surface area (Å²) in [5.41, 5.74) is 2.25. The van der Waals surface area contributed by atoms with Crippen molar-refractivity contribution in [3.05, 3.63) is 41.6 Å². The first kappa shape index (κ1) is 19.1. The lowest BCUT2D eigenvalue weighted by atomic mass is 9.97. The fraction of sp³-hybridized carbons (Fsp3) is 0.400. The number of nitrogens with zero attached hydrogens (tertiary/aromatic N) is 2. The van der Waals surface area contributed by atoms with Gasteiger partial charge in [0.2, 0.25) is 0 Å². The van der Waals surface area contributed by atoms with Gasteiger partial charge in [-0.25, -0.2) is 9.97 Å². The maximum absolute atomic E-state index is 12.7. The normalized spacial score (nSPS) is 16.1. The first-order valence-corrected chi connectivity index (χ1v) is 13.9. The zero-order chi connectivity index (χ0) is 20.2. The number of hydrogen-bond donors (Lipinski definition) is 2. The molecule has 2 N–H and O–H groups in total. The van der Waals surface area contributed by atoms with Crippen LogP contribution in [0.4, 0.5) is 0 Å². The van der Waals surface area contributed by atoms with Gasteiger partial charge in [-0.1, -0.05) is 0 Å². The second-order valence-electron chi connectivity index (χ2n) is 7.69. The molecule has 4 aromatic heterocycles. The number of rotatable bonds is 3. The second-order valence-corrected chi connectivity index (χ2v) is 12.0. The lowest BCUT2D eigenvalue weighted by Gasteiger charge is -2.09. The molecule has 0 aromatic carbocycles. The summed E-state index contributed by atoms with van der Waals surface area (Å²) in [6, 6.07) is 0. The van der Waals surface area contributed by atoms with E-state index < -0.39 is 0 Å². The number of aromatic amines is 2. The van der Waals surface area contributed by atoms with Crippen LogP contribution in [0.1, 0.15) is 46.6 Å². The van der Waals surface area contributed by atoms with Gasteiger partial charge in [-0.15, -0.1) is 22.7 Å². The molecule has 0 bridgehead atoms. The molecular formula is C20H18N4O2S4. The highest BCUT2D eigenvalue weighted by molar-refractivity contribution is 8.76. The third kappa shape index (κ3) is 3.16. The molecule has 0 saturated heterocycles. The van der Waals surface area contributed by atoms with E-state index in [2.05, 4.69) is 19.9 Å². The fourth-order valence-electron chi connectivity index (χ4n) is 4.45. The predicted molar refractivity (Wildman–Crippen MR) is 125 cm³/mol. The van der Waals surface area contributed by atoms with Gasteiger partial charge in [-0.05, 0) is 84.1 Å². The highest BCUT2D eigenvalue weighted by Crippen LogP contribution is 2.38. The number of aromatic nitrogens is 4. The maximum atomic E-state index is 12.7. The van der Waals surface area contributed by atoms with Crippen LogP contribution in [0.15, 0.2) is 19.9 Å². The molecule has 0 spiro atoms. The van der Waals surface area contributed by atoms with Crippen LogP contribution >= 0.6 is 44.3 Å². The molecular weight excluding hydrogens is 457 g/mol. The van der Waals surface area contributed by atoms with Crippen molar-refractivity contribution in [2.24, 2.45) is 0 Å². The van der Waals surface area contributed by atoms with Crippen molar-refractivity contribution in [2.75, 3.05) is 0 Å². The van der Waals surface area contributed by atoms with Crippen molar-refractivity contribution in [3.63, 3.8) is 0 Å². The van der Waals surface area contributed by atoms with Gasteiger partial charge in [0.25, 0.3) is 11.1 Å². The summed E-state index contributed by atoms with van der Waals surface area (Å²) in [5, 5.41) is 2.62. The van der Waals surface area contributed by atoms with Crippen molar-refractivity contribution in [3.8, 4) is 0 Å². The standard InChI is InChI=1S/C20H18N4O2S4/c25-15-13-9-5-1-3-7-11(9)27-17(13)23-19(21-15)29-30-20-22-16(26)14-10-6-2-4-8-12(10)28-18(14)24-20/h1-8H2,(H,21,23,25)(H,22,24,26). The number of H-pyrrole nitrogens is 2. The Morgan fingerprint density at radius 1 is 0.667 bits per heavy atom.